The number of fused-ring (bicyclic) bond motifs is 2. The number of carbonyl (C=O) groups is 1. The molecule has 0 spiro atoms. The van der Waals surface area contributed by atoms with E-state index in [0.29, 0.717) is 11.0 Å². The fourth-order valence-corrected chi connectivity index (χ4v) is 5.49. The summed E-state index contributed by atoms with van der Waals surface area (Å²) in [5.41, 5.74) is 4.19. The average molecular weight is 402 g/mol. The fourth-order valence-electron chi connectivity index (χ4n) is 3.48. The molecule has 0 fully saturated rings. The van der Waals surface area contributed by atoms with Crippen molar-refractivity contribution < 1.29 is 13.2 Å². The van der Waals surface area contributed by atoms with E-state index in [1.54, 1.807) is 12.1 Å². The van der Waals surface area contributed by atoms with Gasteiger partial charge >= 0.3 is 0 Å². The summed E-state index contributed by atoms with van der Waals surface area (Å²) in [5, 5.41) is 2.90. The molecule has 0 saturated carbocycles. The molecular formula is C19H19N3O3S2. The van der Waals surface area contributed by atoms with Gasteiger partial charge in [0, 0.05) is 12.1 Å². The van der Waals surface area contributed by atoms with Crippen LogP contribution in [0.4, 0.5) is 5.69 Å². The van der Waals surface area contributed by atoms with Crippen molar-refractivity contribution in [2.75, 3.05) is 11.1 Å². The summed E-state index contributed by atoms with van der Waals surface area (Å²) in [7, 11) is -3.62. The first-order valence-electron chi connectivity index (χ1n) is 8.89. The van der Waals surface area contributed by atoms with E-state index in [2.05, 4.69) is 20.1 Å². The van der Waals surface area contributed by atoms with E-state index in [1.807, 2.05) is 12.1 Å². The number of aryl methyl sites for hydroxylation is 1. The molecule has 8 heteroatoms. The Bertz CT molecular complexity index is 1110. The number of sulfone groups is 1. The minimum Gasteiger partial charge on any atom is -0.326 e. The molecule has 2 aromatic carbocycles. The summed E-state index contributed by atoms with van der Waals surface area (Å²) in [6.07, 6.45) is 4.15. The Labute approximate surface area is 161 Å². The van der Waals surface area contributed by atoms with E-state index >= 15 is 0 Å². The summed E-state index contributed by atoms with van der Waals surface area (Å²) in [6, 6.07) is 10.8. The van der Waals surface area contributed by atoms with E-state index in [-0.39, 0.29) is 23.0 Å². The van der Waals surface area contributed by atoms with Gasteiger partial charge in [-0.2, -0.15) is 8.75 Å². The van der Waals surface area contributed by atoms with E-state index in [9.17, 15) is 13.2 Å². The minimum atomic E-state index is -3.62. The summed E-state index contributed by atoms with van der Waals surface area (Å²) in [6.45, 7) is 0. The monoisotopic (exact) mass is 401 g/mol. The molecule has 0 bridgehead atoms. The van der Waals surface area contributed by atoms with Crippen LogP contribution in [0.15, 0.2) is 41.3 Å². The highest BCUT2D eigenvalue weighted by atomic mass is 32.2. The van der Waals surface area contributed by atoms with Crippen molar-refractivity contribution in [3.8, 4) is 0 Å². The molecule has 0 unspecified atom stereocenters. The van der Waals surface area contributed by atoms with Gasteiger partial charge in [0.15, 0.2) is 9.84 Å². The van der Waals surface area contributed by atoms with Crippen LogP contribution in [0.3, 0.4) is 0 Å². The van der Waals surface area contributed by atoms with Gasteiger partial charge in [-0.05, 0) is 55.0 Å². The third-order valence-electron chi connectivity index (χ3n) is 4.85. The SMILES string of the molecule is O=C(CCS(=O)(=O)c1cccc2nsnc12)Nc1cccc2c1CCCC2. The third-order valence-corrected chi connectivity index (χ3v) is 7.14. The topological polar surface area (TPSA) is 89.0 Å². The number of amides is 1. The molecule has 1 aliphatic carbocycles. The third kappa shape index (κ3) is 3.72. The molecule has 6 nitrogen and oxygen atoms in total. The van der Waals surface area contributed by atoms with Crippen LogP contribution < -0.4 is 5.32 Å². The average Bonchev–Trinajstić information content (AvgIpc) is 3.15. The number of anilines is 1. The molecule has 140 valence electrons. The second-order valence-electron chi connectivity index (χ2n) is 6.66. The molecule has 4 rings (SSSR count). The maximum absolute atomic E-state index is 12.7. The fraction of sp³-hybridized carbons (Fsp3) is 0.316. The van der Waals surface area contributed by atoms with Crippen molar-refractivity contribution in [2.45, 2.75) is 37.0 Å². The van der Waals surface area contributed by atoms with Gasteiger partial charge in [0.05, 0.1) is 22.4 Å². The number of benzene rings is 2. The van der Waals surface area contributed by atoms with Crippen LogP contribution in [0.25, 0.3) is 11.0 Å². The second-order valence-corrected chi connectivity index (χ2v) is 9.26. The lowest BCUT2D eigenvalue weighted by atomic mass is 9.90. The van der Waals surface area contributed by atoms with Crippen LogP contribution in [0.1, 0.15) is 30.4 Å². The predicted molar refractivity (Wildman–Crippen MR) is 106 cm³/mol. The molecule has 27 heavy (non-hydrogen) atoms. The maximum atomic E-state index is 12.7. The highest BCUT2D eigenvalue weighted by molar-refractivity contribution is 7.91. The lowest BCUT2D eigenvalue weighted by molar-refractivity contribution is -0.115. The van der Waals surface area contributed by atoms with Crippen molar-refractivity contribution in [1.29, 1.82) is 0 Å². The molecule has 0 aliphatic heterocycles. The zero-order valence-corrected chi connectivity index (χ0v) is 16.3. The molecule has 0 radical (unpaired) electrons. The van der Waals surface area contributed by atoms with Crippen molar-refractivity contribution in [3.63, 3.8) is 0 Å². The number of nitrogens with zero attached hydrogens (tertiary/aromatic N) is 2. The molecule has 0 saturated heterocycles. The van der Waals surface area contributed by atoms with Crippen LogP contribution in [0.5, 0.6) is 0 Å². The summed E-state index contributed by atoms with van der Waals surface area (Å²) in [5.74, 6) is -0.550. The predicted octanol–water partition coefficient (Wildman–Crippen LogP) is 3.37. The lowest BCUT2D eigenvalue weighted by Gasteiger charge is -2.19. The Kier molecular flexibility index (Phi) is 4.92. The van der Waals surface area contributed by atoms with Gasteiger partial charge in [-0.15, -0.1) is 0 Å². The van der Waals surface area contributed by atoms with E-state index in [1.165, 1.54) is 23.6 Å². The highest BCUT2D eigenvalue weighted by Crippen LogP contribution is 2.28. The molecule has 1 heterocycles. The second kappa shape index (κ2) is 7.36. The quantitative estimate of drug-likeness (QED) is 0.708. The van der Waals surface area contributed by atoms with Crippen LogP contribution >= 0.6 is 11.7 Å². The standard InChI is InChI=1S/C19H19N3O3S2/c23-18(20-15-8-3-6-13-5-1-2-7-14(13)15)11-12-27(24,25)17-10-4-9-16-19(17)22-26-21-16/h3-4,6,8-10H,1-2,5,7,11-12H2,(H,20,23). The van der Waals surface area contributed by atoms with E-state index in [0.717, 1.165) is 36.7 Å². The van der Waals surface area contributed by atoms with Gasteiger partial charge in [0.2, 0.25) is 5.91 Å². The van der Waals surface area contributed by atoms with E-state index in [4.69, 9.17) is 0 Å². The summed E-state index contributed by atoms with van der Waals surface area (Å²) >= 11 is 0.979. The molecular weight excluding hydrogens is 382 g/mol. The van der Waals surface area contributed by atoms with Gasteiger partial charge in [0.25, 0.3) is 0 Å². The Morgan fingerprint density at radius 3 is 2.78 bits per heavy atom. The van der Waals surface area contributed by atoms with Crippen LogP contribution in [-0.4, -0.2) is 28.8 Å². The van der Waals surface area contributed by atoms with Gasteiger partial charge < -0.3 is 5.32 Å². The first kappa shape index (κ1) is 18.1. The highest BCUT2D eigenvalue weighted by Gasteiger charge is 2.21. The van der Waals surface area contributed by atoms with Gasteiger partial charge in [0.1, 0.15) is 11.0 Å². The first-order chi connectivity index (χ1) is 13.0. The van der Waals surface area contributed by atoms with Gasteiger partial charge in [-0.25, -0.2) is 8.42 Å². The summed E-state index contributed by atoms with van der Waals surface area (Å²) in [4.78, 5) is 12.5. The number of aromatic nitrogens is 2. The number of hydrogen-bond acceptors (Lipinski definition) is 6. The van der Waals surface area contributed by atoms with E-state index < -0.39 is 9.84 Å². The minimum absolute atomic E-state index is 0.0973. The number of nitrogens with one attached hydrogen (secondary N) is 1. The van der Waals surface area contributed by atoms with Crippen molar-refractivity contribution in [1.82, 2.24) is 8.75 Å². The lowest BCUT2D eigenvalue weighted by Crippen LogP contribution is -2.19. The number of hydrogen-bond donors (Lipinski definition) is 1. The Morgan fingerprint density at radius 1 is 1.07 bits per heavy atom. The molecule has 1 aromatic heterocycles. The number of carbonyl (C=O) groups excluding carboxylic acids is 1. The smallest absolute Gasteiger partial charge is 0.225 e. The zero-order valence-electron chi connectivity index (χ0n) is 14.6. The Morgan fingerprint density at radius 2 is 1.89 bits per heavy atom. The van der Waals surface area contributed by atoms with Crippen molar-refractivity contribution in [3.05, 3.63) is 47.5 Å². The molecule has 0 atom stereocenters. The summed E-state index contributed by atoms with van der Waals surface area (Å²) < 4.78 is 33.5. The van der Waals surface area contributed by atoms with Crippen LogP contribution in [-0.2, 0) is 27.5 Å². The normalized spacial score (nSPS) is 14.1. The molecule has 1 N–H and O–H groups in total. The van der Waals surface area contributed by atoms with Crippen molar-refractivity contribution >= 4 is 44.2 Å². The first-order valence-corrected chi connectivity index (χ1v) is 11.3. The van der Waals surface area contributed by atoms with Crippen molar-refractivity contribution in [2.24, 2.45) is 0 Å². The van der Waals surface area contributed by atoms with Crippen LogP contribution in [0.2, 0.25) is 0 Å². The molecule has 1 aliphatic rings. The Balaban J connectivity index is 1.47. The Hall–Kier alpha value is -2.32. The number of rotatable bonds is 5. The zero-order chi connectivity index (χ0) is 18.9. The molecule has 3 aromatic rings. The maximum Gasteiger partial charge on any atom is 0.225 e. The largest absolute Gasteiger partial charge is 0.326 e. The van der Waals surface area contributed by atoms with Gasteiger partial charge in [-0.3, -0.25) is 4.79 Å². The van der Waals surface area contributed by atoms with Crippen LogP contribution in [0, 0.1) is 0 Å². The van der Waals surface area contributed by atoms with Gasteiger partial charge in [-0.1, -0.05) is 18.2 Å². The molecule has 1 amide bonds.